The Labute approximate surface area is 199 Å². The number of unbranched alkanes of at least 4 members (excludes halogenated alkanes) is 13. The van der Waals surface area contributed by atoms with Crippen LogP contribution in [0.25, 0.3) is 0 Å². The van der Waals surface area contributed by atoms with Crippen LogP contribution in [0, 0.1) is 0 Å². The molecular formula is C28H54N3O+. The van der Waals surface area contributed by atoms with Crippen LogP contribution < -0.4 is 5.32 Å². The second-order valence-corrected chi connectivity index (χ2v) is 9.82. The number of carbonyl (C=O) groups is 1. The molecule has 1 heterocycles. The lowest BCUT2D eigenvalue weighted by molar-refractivity contribution is -0.935. The van der Waals surface area contributed by atoms with E-state index in [2.05, 4.69) is 37.5 Å². The van der Waals surface area contributed by atoms with Crippen LogP contribution in [0.4, 0.5) is 0 Å². The zero-order valence-electron chi connectivity index (χ0n) is 21.8. The number of amides is 1. The number of aliphatic imine (C=N–C) groups is 1. The Morgan fingerprint density at radius 1 is 0.906 bits per heavy atom. The largest absolute Gasteiger partial charge is 0.351 e. The van der Waals surface area contributed by atoms with Gasteiger partial charge in [0.1, 0.15) is 6.54 Å². The molecule has 1 aliphatic rings. The van der Waals surface area contributed by atoms with E-state index in [1.54, 1.807) is 6.92 Å². The van der Waals surface area contributed by atoms with Gasteiger partial charge in [0.15, 0.2) is 6.17 Å². The fourth-order valence-corrected chi connectivity index (χ4v) is 4.89. The van der Waals surface area contributed by atoms with E-state index in [0.717, 1.165) is 37.1 Å². The van der Waals surface area contributed by atoms with Crippen LogP contribution in [0.15, 0.2) is 17.1 Å². The SMILES string of the molecule is CCCCCCCCCCCCC/C=C/CCCCC1N=CC[N+]1(CC)CCNC(C)=O. The van der Waals surface area contributed by atoms with E-state index < -0.39 is 0 Å². The minimum atomic E-state index is 0.0656. The van der Waals surface area contributed by atoms with Gasteiger partial charge < -0.3 is 5.32 Å². The fraction of sp³-hybridized carbons (Fsp3) is 0.857. The number of hydrogen-bond acceptors (Lipinski definition) is 2. The lowest BCUT2D eigenvalue weighted by atomic mass is 10.1. The minimum Gasteiger partial charge on any atom is -0.351 e. The van der Waals surface area contributed by atoms with Crippen LogP contribution in [-0.4, -0.2) is 48.9 Å². The third kappa shape index (κ3) is 13.4. The highest BCUT2D eigenvalue weighted by atomic mass is 16.1. The van der Waals surface area contributed by atoms with E-state index in [1.165, 1.54) is 96.3 Å². The molecule has 0 radical (unpaired) electrons. The number of likely N-dealkylation sites (N-methyl/N-ethyl adjacent to an activating group) is 1. The van der Waals surface area contributed by atoms with E-state index in [-0.39, 0.29) is 5.91 Å². The van der Waals surface area contributed by atoms with Crippen molar-refractivity contribution in [1.82, 2.24) is 5.32 Å². The maximum Gasteiger partial charge on any atom is 0.217 e. The number of allylic oxidation sites excluding steroid dienone is 2. The van der Waals surface area contributed by atoms with Crippen LogP contribution in [0.1, 0.15) is 124 Å². The van der Waals surface area contributed by atoms with Crippen molar-refractivity contribution in [1.29, 1.82) is 0 Å². The molecule has 186 valence electrons. The van der Waals surface area contributed by atoms with Gasteiger partial charge in [-0.15, -0.1) is 0 Å². The number of quaternary nitrogens is 1. The predicted octanol–water partition coefficient (Wildman–Crippen LogP) is 7.19. The number of hydrogen-bond donors (Lipinski definition) is 1. The van der Waals surface area contributed by atoms with Crippen LogP contribution in [-0.2, 0) is 4.79 Å². The minimum absolute atomic E-state index is 0.0656. The molecule has 32 heavy (non-hydrogen) atoms. The Balaban J connectivity index is 1.97. The number of rotatable bonds is 21. The van der Waals surface area contributed by atoms with Gasteiger partial charge in [0.2, 0.25) is 5.91 Å². The highest BCUT2D eigenvalue weighted by molar-refractivity contribution is 5.72. The average Bonchev–Trinajstić information content (AvgIpc) is 3.18. The maximum atomic E-state index is 11.2. The quantitative estimate of drug-likeness (QED) is 0.113. The predicted molar refractivity (Wildman–Crippen MR) is 140 cm³/mol. The lowest BCUT2D eigenvalue weighted by Gasteiger charge is -2.38. The number of nitrogens with one attached hydrogen (secondary N) is 1. The third-order valence-corrected chi connectivity index (χ3v) is 7.14. The van der Waals surface area contributed by atoms with E-state index in [9.17, 15) is 4.79 Å². The Morgan fingerprint density at radius 3 is 2.03 bits per heavy atom. The molecule has 1 aliphatic heterocycles. The first kappa shape index (κ1) is 28.9. The van der Waals surface area contributed by atoms with E-state index in [4.69, 9.17) is 4.99 Å². The van der Waals surface area contributed by atoms with Gasteiger partial charge in [0, 0.05) is 13.3 Å². The second-order valence-electron chi connectivity index (χ2n) is 9.82. The Hall–Kier alpha value is -1.16. The first-order chi connectivity index (χ1) is 15.6. The first-order valence-corrected chi connectivity index (χ1v) is 13.9. The summed E-state index contributed by atoms with van der Waals surface area (Å²) in [6.45, 7) is 9.98. The highest BCUT2D eigenvalue weighted by Gasteiger charge is 2.37. The molecule has 0 aromatic rings. The summed E-state index contributed by atoms with van der Waals surface area (Å²) in [6.07, 6.45) is 29.0. The molecule has 0 aliphatic carbocycles. The van der Waals surface area contributed by atoms with Crippen LogP contribution >= 0.6 is 0 Å². The number of nitrogens with zero attached hydrogens (tertiary/aromatic N) is 2. The van der Waals surface area contributed by atoms with Gasteiger partial charge in [0.25, 0.3) is 0 Å². The van der Waals surface area contributed by atoms with Crippen molar-refractivity contribution >= 4 is 12.1 Å². The van der Waals surface area contributed by atoms with Gasteiger partial charge in [-0.05, 0) is 39.0 Å². The third-order valence-electron chi connectivity index (χ3n) is 7.14. The number of carbonyl (C=O) groups excluding carboxylic acids is 1. The second kappa shape index (κ2) is 19.3. The average molecular weight is 449 g/mol. The zero-order chi connectivity index (χ0) is 23.3. The van der Waals surface area contributed by atoms with Crippen molar-refractivity contribution < 1.29 is 9.28 Å². The van der Waals surface area contributed by atoms with Gasteiger partial charge in [-0.1, -0.05) is 83.3 Å². The van der Waals surface area contributed by atoms with Gasteiger partial charge in [-0.25, -0.2) is 4.99 Å². The monoisotopic (exact) mass is 448 g/mol. The van der Waals surface area contributed by atoms with Crippen LogP contribution in [0.3, 0.4) is 0 Å². The van der Waals surface area contributed by atoms with E-state index in [1.807, 2.05) is 0 Å². The zero-order valence-corrected chi connectivity index (χ0v) is 21.8. The molecule has 4 heteroatoms. The molecule has 0 aromatic carbocycles. The molecule has 0 spiro atoms. The van der Waals surface area contributed by atoms with Crippen molar-refractivity contribution in [3.05, 3.63) is 12.2 Å². The van der Waals surface area contributed by atoms with Crippen molar-refractivity contribution in [3.8, 4) is 0 Å². The van der Waals surface area contributed by atoms with Crippen molar-refractivity contribution in [2.24, 2.45) is 4.99 Å². The summed E-state index contributed by atoms with van der Waals surface area (Å²) < 4.78 is 1.01. The summed E-state index contributed by atoms with van der Waals surface area (Å²) in [5.41, 5.74) is 0. The van der Waals surface area contributed by atoms with Gasteiger partial charge in [-0.2, -0.15) is 0 Å². The smallest absolute Gasteiger partial charge is 0.217 e. The molecule has 0 saturated carbocycles. The molecule has 1 amide bonds. The Morgan fingerprint density at radius 2 is 1.47 bits per heavy atom. The molecule has 0 bridgehead atoms. The van der Waals surface area contributed by atoms with E-state index in [0.29, 0.717) is 6.17 Å². The normalized spacial score (nSPS) is 20.4. The first-order valence-electron chi connectivity index (χ1n) is 13.9. The van der Waals surface area contributed by atoms with Crippen molar-refractivity contribution in [3.63, 3.8) is 0 Å². The van der Waals surface area contributed by atoms with Crippen molar-refractivity contribution in [2.45, 2.75) is 130 Å². The van der Waals surface area contributed by atoms with Crippen molar-refractivity contribution in [2.75, 3.05) is 26.2 Å². The van der Waals surface area contributed by atoms with E-state index >= 15 is 0 Å². The topological polar surface area (TPSA) is 41.5 Å². The molecule has 0 saturated heterocycles. The summed E-state index contributed by atoms with van der Waals surface area (Å²) in [5, 5.41) is 2.96. The highest BCUT2D eigenvalue weighted by Crippen LogP contribution is 2.23. The summed E-state index contributed by atoms with van der Waals surface area (Å²) >= 11 is 0. The molecular weight excluding hydrogens is 394 g/mol. The molecule has 1 N–H and O–H groups in total. The van der Waals surface area contributed by atoms with Gasteiger partial charge in [-0.3, -0.25) is 9.28 Å². The lowest BCUT2D eigenvalue weighted by Crippen LogP contribution is -2.55. The van der Waals surface area contributed by atoms with Gasteiger partial charge in [0.05, 0.1) is 25.8 Å². The summed E-state index contributed by atoms with van der Waals surface area (Å²) in [5.74, 6) is 0.0656. The molecule has 0 fully saturated rings. The molecule has 1 rings (SSSR count). The fourth-order valence-electron chi connectivity index (χ4n) is 4.89. The standard InChI is InChI=1S/C28H53N3O/c1-4-6-7-8-9-10-11-12-13-14-15-16-17-18-19-20-21-22-28-30-24-26-31(28,5-2)25-23-29-27(3)32/h17-18,24,28H,4-16,19-23,25-26H2,1-3H3/p+1/b18-17+. The Bertz CT molecular complexity index is 517. The summed E-state index contributed by atoms with van der Waals surface area (Å²) in [4.78, 5) is 16.0. The molecule has 4 nitrogen and oxygen atoms in total. The maximum absolute atomic E-state index is 11.2. The van der Waals surface area contributed by atoms with Crippen LogP contribution in [0.5, 0.6) is 0 Å². The summed E-state index contributed by atoms with van der Waals surface area (Å²) in [6, 6.07) is 0. The summed E-state index contributed by atoms with van der Waals surface area (Å²) in [7, 11) is 0. The van der Waals surface area contributed by atoms with Crippen LogP contribution in [0.2, 0.25) is 0 Å². The molecule has 2 atom stereocenters. The van der Waals surface area contributed by atoms with Gasteiger partial charge >= 0.3 is 0 Å². The molecule has 2 unspecified atom stereocenters. The Kier molecular flexibility index (Phi) is 17.4. The molecule has 0 aromatic heterocycles.